The van der Waals surface area contributed by atoms with Crippen LogP contribution >= 0.6 is 0 Å². The number of hydrogen-bond donors (Lipinski definition) is 1. The van der Waals surface area contributed by atoms with Crippen LogP contribution in [-0.2, 0) is 17.0 Å². The van der Waals surface area contributed by atoms with Gasteiger partial charge in [0.15, 0.2) is 0 Å². The van der Waals surface area contributed by atoms with Crippen molar-refractivity contribution in [3.63, 3.8) is 0 Å². The number of rotatable bonds is 1. The van der Waals surface area contributed by atoms with E-state index >= 15 is 0 Å². The van der Waals surface area contributed by atoms with Crippen LogP contribution < -0.4 is 0 Å². The zero-order valence-electron chi connectivity index (χ0n) is 2.17. The maximum atomic E-state index is 9.39. The monoisotopic (exact) mass is 227 g/mol. The molecule has 4 heteroatoms. The van der Waals surface area contributed by atoms with Gasteiger partial charge in [0.1, 0.15) is 0 Å². The molecule has 0 amide bonds. The average molecular weight is 227 g/mol. The summed E-state index contributed by atoms with van der Waals surface area (Å²) in [5.41, 5.74) is 0. The first-order valence-electron chi connectivity index (χ1n) is 0.836. The Labute approximate surface area is 45.0 Å². The molecule has 0 heterocycles. The summed E-state index contributed by atoms with van der Waals surface area (Å²) in [6.45, 7) is 0. The van der Waals surface area contributed by atoms with Gasteiger partial charge in [-0.2, -0.15) is 0 Å². The maximum absolute atomic E-state index is 9.39. The van der Waals surface area contributed by atoms with E-state index < -0.39 is 17.9 Å². The van der Waals surface area contributed by atoms with Crippen molar-refractivity contribution in [3.05, 3.63) is 0 Å². The summed E-state index contributed by atoms with van der Waals surface area (Å²) in [4.78, 5) is 9.39. The molecular formula is CH2AsO2Pd. The van der Waals surface area contributed by atoms with Crippen LogP contribution in [0.1, 0.15) is 0 Å². The topological polar surface area (TPSA) is 37.3 Å². The third-order valence-electron chi connectivity index (χ3n) is 0.0676. The standard InChI is InChI=1S/CH2AsO2.Pd/c2-1(3)4;/h2H,(H,3,4);/q-1;+1. The van der Waals surface area contributed by atoms with Crippen LogP contribution in [0.4, 0.5) is 4.79 Å². The fourth-order valence-corrected chi connectivity index (χ4v) is 0. The first-order chi connectivity index (χ1) is 2.27. The van der Waals surface area contributed by atoms with Crippen molar-refractivity contribution in [3.8, 4) is 0 Å². The number of carbonyl (C=O) groups is 1. The fraction of sp³-hybridized carbons (Fsp3) is 0. The first kappa shape index (κ1) is 5.69. The first-order valence-corrected chi connectivity index (χ1v) is 6.59. The Balaban J connectivity index is 2.85. The molecular weight excluding hydrogens is 225 g/mol. The van der Waals surface area contributed by atoms with Gasteiger partial charge in [0.05, 0.1) is 0 Å². The Hall–Kier alpha value is 0.691. The minimum absolute atomic E-state index is 0.687. The van der Waals surface area contributed by atoms with Gasteiger partial charge in [-0.15, -0.1) is 0 Å². The van der Waals surface area contributed by atoms with Crippen molar-refractivity contribution < 1.29 is 26.9 Å². The molecule has 0 aliphatic heterocycles. The summed E-state index contributed by atoms with van der Waals surface area (Å²) in [7, 11) is 0. The van der Waals surface area contributed by atoms with E-state index in [1.54, 1.807) is 0 Å². The van der Waals surface area contributed by atoms with Gasteiger partial charge in [0.25, 0.3) is 0 Å². The van der Waals surface area contributed by atoms with Crippen molar-refractivity contribution in [1.29, 1.82) is 0 Å². The van der Waals surface area contributed by atoms with Crippen molar-refractivity contribution in [2.75, 3.05) is 0 Å². The molecule has 1 N–H and O–H groups in total. The Morgan fingerprint density at radius 1 is 2.00 bits per heavy atom. The Bertz CT molecular complexity index is 44.9. The molecule has 0 rings (SSSR count). The second-order valence-corrected chi connectivity index (χ2v) is 3.63. The molecule has 0 aliphatic rings. The van der Waals surface area contributed by atoms with Gasteiger partial charge >= 0.3 is 44.8 Å². The summed E-state index contributed by atoms with van der Waals surface area (Å²) in [5.74, 6) is 0. The summed E-state index contributed by atoms with van der Waals surface area (Å²) in [6, 6.07) is 0. The normalized spacial score (nSPS) is 10.0. The predicted molar refractivity (Wildman–Crippen MR) is 15.2 cm³/mol. The molecule has 1 unspecified atom stereocenters. The molecule has 0 aromatic heterocycles. The van der Waals surface area contributed by atoms with Crippen LogP contribution in [0.2, 0.25) is 0 Å². The molecule has 0 aliphatic carbocycles. The van der Waals surface area contributed by atoms with Crippen molar-refractivity contribution in [1.82, 2.24) is 0 Å². The predicted octanol–water partition coefficient (Wildman–Crippen LogP) is -0.437. The van der Waals surface area contributed by atoms with Gasteiger partial charge in [-0.05, 0) is 0 Å². The van der Waals surface area contributed by atoms with E-state index in [4.69, 9.17) is 5.11 Å². The van der Waals surface area contributed by atoms with Crippen molar-refractivity contribution in [2.45, 2.75) is 0 Å². The quantitative estimate of drug-likeness (QED) is 0.617. The molecule has 0 aromatic rings. The van der Waals surface area contributed by atoms with E-state index in [1.807, 2.05) is 0 Å². The number of carboxylic acid groups (broad SMARTS) is 1. The average Bonchev–Trinajstić information content (AvgIpc) is 1.38. The van der Waals surface area contributed by atoms with Crippen LogP contribution in [0, 0.1) is 0 Å². The van der Waals surface area contributed by atoms with Gasteiger partial charge < -0.3 is 0 Å². The molecule has 0 spiro atoms. The molecule has 33 valence electrons. The van der Waals surface area contributed by atoms with Gasteiger partial charge in [0.2, 0.25) is 0 Å². The summed E-state index contributed by atoms with van der Waals surface area (Å²) in [6.07, 6.45) is 0. The summed E-state index contributed by atoms with van der Waals surface area (Å²) < 4.78 is -0.687. The zero-order valence-corrected chi connectivity index (χ0v) is 5.82. The molecule has 0 saturated heterocycles. The van der Waals surface area contributed by atoms with Gasteiger partial charge in [-0.25, -0.2) is 0 Å². The van der Waals surface area contributed by atoms with E-state index in [0.717, 1.165) is 0 Å². The summed E-state index contributed by atoms with van der Waals surface area (Å²) in [5, 5.41) is 7.74. The van der Waals surface area contributed by atoms with Crippen LogP contribution in [0.15, 0.2) is 0 Å². The molecule has 2 nitrogen and oxygen atoms in total. The van der Waals surface area contributed by atoms with Crippen molar-refractivity contribution >= 4 is 17.9 Å². The van der Waals surface area contributed by atoms with E-state index in [1.165, 1.54) is 0 Å². The molecule has 0 radical (unpaired) electrons. The third-order valence-corrected chi connectivity index (χ3v) is 2.08. The molecule has 0 bridgehead atoms. The van der Waals surface area contributed by atoms with E-state index in [2.05, 4.69) is 17.0 Å². The van der Waals surface area contributed by atoms with Gasteiger partial charge in [0, 0.05) is 0 Å². The Morgan fingerprint density at radius 2 is 2.20 bits per heavy atom. The van der Waals surface area contributed by atoms with Gasteiger partial charge in [-0.3, -0.25) is 0 Å². The van der Waals surface area contributed by atoms with Crippen LogP contribution in [0.5, 0.6) is 0 Å². The fourth-order valence-electron chi connectivity index (χ4n) is 0. The van der Waals surface area contributed by atoms with E-state index in [-0.39, 0.29) is 0 Å². The zero-order chi connectivity index (χ0) is 4.28. The molecule has 0 saturated carbocycles. The Morgan fingerprint density at radius 3 is 2.20 bits per heavy atom. The Kier molecular flexibility index (Phi) is 3.31. The second-order valence-electron chi connectivity index (χ2n) is 0.384. The second kappa shape index (κ2) is 2.90. The minimum atomic E-state index is -0.789. The molecule has 0 aromatic carbocycles. The molecule has 1 atom stereocenters. The number of hydrogen-bond acceptors (Lipinski definition) is 1. The van der Waals surface area contributed by atoms with E-state index in [0.29, 0.717) is 0 Å². The van der Waals surface area contributed by atoms with Crippen LogP contribution in [-0.4, -0.2) is 23.0 Å². The van der Waals surface area contributed by atoms with Crippen LogP contribution in [0.25, 0.3) is 0 Å². The van der Waals surface area contributed by atoms with Gasteiger partial charge in [-0.1, -0.05) is 0 Å². The molecule has 0 fully saturated rings. The molecule has 5 heavy (non-hydrogen) atoms. The van der Waals surface area contributed by atoms with E-state index in [9.17, 15) is 4.79 Å². The van der Waals surface area contributed by atoms with Crippen LogP contribution in [0.3, 0.4) is 0 Å². The van der Waals surface area contributed by atoms with Crippen molar-refractivity contribution in [2.24, 2.45) is 0 Å². The SMILES string of the molecule is O=C(O)[AsH][Pd]. The third kappa shape index (κ3) is 4.69. The summed E-state index contributed by atoms with van der Waals surface area (Å²) >= 11 is 1.83.